The number of hydrogen-bond acceptors (Lipinski definition) is 5. The molecule has 2 amide bonds. The van der Waals surface area contributed by atoms with E-state index in [9.17, 15) is 9.59 Å². The van der Waals surface area contributed by atoms with Gasteiger partial charge in [0.25, 0.3) is 5.91 Å². The van der Waals surface area contributed by atoms with Crippen molar-refractivity contribution in [1.29, 1.82) is 0 Å². The van der Waals surface area contributed by atoms with Gasteiger partial charge in [0.2, 0.25) is 5.91 Å². The number of carbonyl (C=O) groups is 2. The monoisotopic (exact) mass is 441 g/mol. The summed E-state index contributed by atoms with van der Waals surface area (Å²) in [4.78, 5) is 23.9. The van der Waals surface area contributed by atoms with Crippen LogP contribution in [-0.4, -0.2) is 23.0 Å². The van der Waals surface area contributed by atoms with Crippen LogP contribution >= 0.6 is 35.4 Å². The van der Waals surface area contributed by atoms with Crippen molar-refractivity contribution in [2.24, 2.45) is 0 Å². The SMILES string of the molecule is Cc1ccc(C=CC(=O)NC(=S)NNC(=O)C(C)Oc2ccc(Cl)cc2Cl)o1. The number of hydrazine groups is 1. The Morgan fingerprint density at radius 3 is 2.61 bits per heavy atom. The van der Waals surface area contributed by atoms with Gasteiger partial charge in [0, 0.05) is 11.1 Å². The zero-order chi connectivity index (χ0) is 20.7. The number of furan rings is 1. The molecule has 0 saturated heterocycles. The second-order valence-corrected chi connectivity index (χ2v) is 6.80. The summed E-state index contributed by atoms with van der Waals surface area (Å²) >= 11 is 16.8. The zero-order valence-electron chi connectivity index (χ0n) is 14.9. The second kappa shape index (κ2) is 10.1. The lowest BCUT2D eigenvalue weighted by molar-refractivity contribution is -0.128. The minimum Gasteiger partial charge on any atom is -0.479 e. The molecule has 0 radical (unpaired) electrons. The third-order valence-electron chi connectivity index (χ3n) is 3.26. The minimum absolute atomic E-state index is 0.0876. The Labute approximate surface area is 177 Å². The van der Waals surface area contributed by atoms with E-state index >= 15 is 0 Å². The first kappa shape index (κ1) is 21.7. The Bertz CT molecular complexity index is 914. The van der Waals surface area contributed by atoms with Crippen molar-refractivity contribution in [3.05, 3.63) is 58.0 Å². The van der Waals surface area contributed by atoms with E-state index in [0.717, 1.165) is 5.76 Å². The number of nitrogens with one attached hydrogen (secondary N) is 3. The van der Waals surface area contributed by atoms with Gasteiger partial charge in [-0.05, 0) is 62.5 Å². The quantitative estimate of drug-likeness (QED) is 0.374. The first-order chi connectivity index (χ1) is 13.2. The molecule has 1 atom stereocenters. The predicted molar refractivity (Wildman–Crippen MR) is 111 cm³/mol. The van der Waals surface area contributed by atoms with E-state index in [4.69, 9.17) is 44.6 Å². The van der Waals surface area contributed by atoms with Gasteiger partial charge >= 0.3 is 0 Å². The fourth-order valence-electron chi connectivity index (χ4n) is 1.92. The van der Waals surface area contributed by atoms with Gasteiger partial charge in [-0.2, -0.15) is 0 Å². The number of aryl methyl sites for hydroxylation is 1. The molecule has 28 heavy (non-hydrogen) atoms. The number of ether oxygens (including phenoxy) is 1. The van der Waals surface area contributed by atoms with Crippen LogP contribution in [0, 0.1) is 6.92 Å². The molecule has 0 aliphatic rings. The molecule has 0 saturated carbocycles. The Balaban J connectivity index is 1.77. The zero-order valence-corrected chi connectivity index (χ0v) is 17.2. The van der Waals surface area contributed by atoms with Crippen LogP contribution in [0.15, 0.2) is 40.8 Å². The molecule has 0 fully saturated rings. The van der Waals surface area contributed by atoms with Crippen LogP contribution < -0.4 is 20.9 Å². The molecule has 0 bridgehead atoms. The summed E-state index contributed by atoms with van der Waals surface area (Å²) in [5, 5.41) is 3.02. The average Bonchev–Trinajstić information content (AvgIpc) is 3.05. The minimum atomic E-state index is -0.883. The molecule has 1 unspecified atom stereocenters. The van der Waals surface area contributed by atoms with Gasteiger partial charge in [-0.3, -0.25) is 25.8 Å². The van der Waals surface area contributed by atoms with E-state index in [1.165, 1.54) is 25.1 Å². The molecule has 3 N–H and O–H groups in total. The average molecular weight is 442 g/mol. The molecule has 1 aromatic heterocycles. The number of amides is 2. The Morgan fingerprint density at radius 2 is 1.96 bits per heavy atom. The molecule has 0 aliphatic carbocycles. The summed E-state index contributed by atoms with van der Waals surface area (Å²) in [5.41, 5.74) is 4.75. The van der Waals surface area contributed by atoms with Crippen LogP contribution in [0.4, 0.5) is 0 Å². The summed E-state index contributed by atoms with van der Waals surface area (Å²) in [7, 11) is 0. The second-order valence-electron chi connectivity index (χ2n) is 5.55. The lowest BCUT2D eigenvalue weighted by Gasteiger charge is -2.16. The summed E-state index contributed by atoms with van der Waals surface area (Å²) in [5.74, 6) is 0.563. The highest BCUT2D eigenvalue weighted by atomic mass is 35.5. The largest absolute Gasteiger partial charge is 0.479 e. The first-order valence-corrected chi connectivity index (χ1v) is 9.18. The van der Waals surface area contributed by atoms with Crippen LogP contribution in [0.1, 0.15) is 18.4 Å². The van der Waals surface area contributed by atoms with E-state index in [1.807, 2.05) is 0 Å². The summed E-state index contributed by atoms with van der Waals surface area (Å²) in [6.07, 6.45) is 1.87. The molecule has 2 aromatic rings. The van der Waals surface area contributed by atoms with Crippen LogP contribution in [0.25, 0.3) is 6.08 Å². The standard InChI is InChI=1S/C18H17Cl2N3O4S/c1-10-3-5-13(26-10)6-8-16(24)21-18(28)23-22-17(25)11(2)27-15-7-4-12(19)9-14(15)20/h3-9,11H,1-2H3,(H,22,25)(H2,21,23,24,28). The Kier molecular flexibility index (Phi) is 7.86. The van der Waals surface area contributed by atoms with Crippen LogP contribution in [0.5, 0.6) is 5.75 Å². The van der Waals surface area contributed by atoms with Gasteiger partial charge in [0.15, 0.2) is 11.2 Å². The van der Waals surface area contributed by atoms with E-state index in [-0.39, 0.29) is 10.1 Å². The van der Waals surface area contributed by atoms with E-state index in [1.54, 1.807) is 31.2 Å². The van der Waals surface area contributed by atoms with E-state index in [0.29, 0.717) is 16.5 Å². The number of benzene rings is 1. The first-order valence-electron chi connectivity index (χ1n) is 8.01. The van der Waals surface area contributed by atoms with Gasteiger partial charge in [-0.1, -0.05) is 23.2 Å². The van der Waals surface area contributed by atoms with E-state index in [2.05, 4.69) is 16.2 Å². The normalized spacial score (nSPS) is 11.7. The predicted octanol–water partition coefficient (Wildman–Crippen LogP) is 3.40. The number of rotatable bonds is 5. The highest BCUT2D eigenvalue weighted by Gasteiger charge is 2.16. The van der Waals surface area contributed by atoms with Crippen molar-refractivity contribution in [3.8, 4) is 5.75 Å². The van der Waals surface area contributed by atoms with E-state index < -0.39 is 17.9 Å². The van der Waals surface area contributed by atoms with Crippen LogP contribution in [-0.2, 0) is 9.59 Å². The molecule has 10 heteroatoms. The lowest BCUT2D eigenvalue weighted by atomic mass is 10.3. The molecule has 1 aromatic carbocycles. The molecule has 0 aliphatic heterocycles. The maximum absolute atomic E-state index is 12.1. The topological polar surface area (TPSA) is 92.6 Å². The summed E-state index contributed by atoms with van der Waals surface area (Å²) < 4.78 is 10.8. The number of carbonyl (C=O) groups excluding carboxylic acids is 2. The van der Waals surface area contributed by atoms with Gasteiger partial charge in [-0.15, -0.1) is 0 Å². The number of hydrogen-bond donors (Lipinski definition) is 3. The van der Waals surface area contributed by atoms with Crippen molar-refractivity contribution >= 4 is 58.4 Å². The fourth-order valence-corrected chi connectivity index (χ4v) is 2.53. The molecule has 7 nitrogen and oxygen atoms in total. The Hall–Kier alpha value is -2.55. The van der Waals surface area contributed by atoms with Crippen molar-refractivity contribution in [1.82, 2.24) is 16.2 Å². The third-order valence-corrected chi connectivity index (χ3v) is 4.00. The molecular weight excluding hydrogens is 425 g/mol. The molecule has 2 rings (SSSR count). The summed E-state index contributed by atoms with van der Waals surface area (Å²) in [6, 6.07) is 8.15. The van der Waals surface area contributed by atoms with Crippen molar-refractivity contribution in [2.75, 3.05) is 0 Å². The maximum atomic E-state index is 12.1. The number of halogens is 2. The third kappa shape index (κ3) is 6.88. The smallest absolute Gasteiger partial charge is 0.279 e. The van der Waals surface area contributed by atoms with Crippen LogP contribution in [0.3, 0.4) is 0 Å². The Morgan fingerprint density at radius 1 is 1.21 bits per heavy atom. The van der Waals surface area contributed by atoms with Gasteiger partial charge in [0.05, 0.1) is 5.02 Å². The highest BCUT2D eigenvalue weighted by Crippen LogP contribution is 2.28. The van der Waals surface area contributed by atoms with Gasteiger partial charge in [-0.25, -0.2) is 0 Å². The van der Waals surface area contributed by atoms with Crippen molar-refractivity contribution in [3.63, 3.8) is 0 Å². The number of thiocarbonyl (C=S) groups is 1. The maximum Gasteiger partial charge on any atom is 0.279 e. The highest BCUT2D eigenvalue weighted by molar-refractivity contribution is 7.80. The molecule has 1 heterocycles. The molecule has 0 spiro atoms. The van der Waals surface area contributed by atoms with Crippen molar-refractivity contribution < 1.29 is 18.7 Å². The molecule has 148 valence electrons. The lowest BCUT2D eigenvalue weighted by Crippen LogP contribution is -2.51. The van der Waals surface area contributed by atoms with Gasteiger partial charge < -0.3 is 9.15 Å². The fraction of sp³-hybridized carbons (Fsp3) is 0.167. The molecular formula is C18H17Cl2N3O4S. The summed E-state index contributed by atoms with van der Waals surface area (Å²) in [6.45, 7) is 3.32. The van der Waals surface area contributed by atoms with Gasteiger partial charge in [0.1, 0.15) is 17.3 Å². The van der Waals surface area contributed by atoms with Crippen molar-refractivity contribution in [2.45, 2.75) is 20.0 Å². The van der Waals surface area contributed by atoms with Crippen LogP contribution in [0.2, 0.25) is 10.0 Å².